The van der Waals surface area contributed by atoms with Gasteiger partial charge in [-0.15, -0.1) is 0 Å². The van der Waals surface area contributed by atoms with Crippen molar-refractivity contribution >= 4 is 22.7 Å². The fraction of sp³-hybridized carbons (Fsp3) is 0.111. The van der Waals surface area contributed by atoms with E-state index < -0.39 is 11.2 Å². The first-order valence-corrected chi connectivity index (χ1v) is 4.24. The summed E-state index contributed by atoms with van der Waals surface area (Å²) in [5, 5.41) is 7.52. The van der Waals surface area contributed by atoms with Crippen molar-refractivity contribution in [2.75, 3.05) is 0 Å². The molecule has 1 heterocycles. The Morgan fingerprint density at radius 2 is 2.36 bits per heavy atom. The lowest BCUT2D eigenvalue weighted by molar-refractivity contribution is 0.516. The van der Waals surface area contributed by atoms with Crippen molar-refractivity contribution in [1.82, 2.24) is 4.98 Å². The maximum atomic E-state index is 13.1. The Morgan fingerprint density at radius 1 is 1.57 bits per heavy atom. The molecule has 0 fully saturated rings. The van der Waals surface area contributed by atoms with E-state index in [0.717, 1.165) is 0 Å². The number of fused-ring (bicyclic) bond motifs is 1. The van der Waals surface area contributed by atoms with Crippen molar-refractivity contribution in [2.24, 2.45) is 0 Å². The summed E-state index contributed by atoms with van der Waals surface area (Å²) in [6.45, 7) is 0. The van der Waals surface area contributed by atoms with Crippen LogP contribution in [0.25, 0.3) is 11.1 Å². The summed E-state index contributed by atoms with van der Waals surface area (Å²) < 4.78 is 18.1. The van der Waals surface area contributed by atoms with Crippen LogP contribution in [0.5, 0.6) is 0 Å². The van der Waals surface area contributed by atoms with E-state index in [9.17, 15) is 4.39 Å². The van der Waals surface area contributed by atoms with E-state index in [0.29, 0.717) is 5.52 Å². The van der Waals surface area contributed by atoms with Crippen LogP contribution >= 0.6 is 11.6 Å². The van der Waals surface area contributed by atoms with E-state index in [1.54, 1.807) is 12.1 Å². The number of halogens is 2. The number of para-hydroxylation sites is 1. The van der Waals surface area contributed by atoms with Gasteiger partial charge in [0.25, 0.3) is 0 Å². The maximum Gasteiger partial charge on any atom is 0.228 e. The molecule has 70 valence electrons. The first-order valence-electron chi connectivity index (χ1n) is 3.81. The quantitative estimate of drug-likeness (QED) is 0.680. The molecule has 0 N–H and O–H groups in total. The number of nitriles is 1. The zero-order valence-electron chi connectivity index (χ0n) is 6.87. The molecular formula is C9H4ClFN2O. The van der Waals surface area contributed by atoms with E-state index in [2.05, 4.69) is 4.98 Å². The highest BCUT2D eigenvalue weighted by molar-refractivity contribution is 6.22. The molecule has 0 aliphatic rings. The molecule has 3 nitrogen and oxygen atoms in total. The number of oxazole rings is 1. The van der Waals surface area contributed by atoms with E-state index in [-0.39, 0.29) is 11.5 Å². The van der Waals surface area contributed by atoms with Crippen LogP contribution in [0.4, 0.5) is 4.39 Å². The molecule has 2 rings (SSSR count). The average Bonchev–Trinajstić information content (AvgIpc) is 2.62. The van der Waals surface area contributed by atoms with Gasteiger partial charge in [0, 0.05) is 0 Å². The maximum absolute atomic E-state index is 13.1. The molecule has 0 saturated heterocycles. The second-order valence-electron chi connectivity index (χ2n) is 2.63. The fourth-order valence-corrected chi connectivity index (χ4v) is 1.19. The number of alkyl halides is 1. The van der Waals surface area contributed by atoms with Gasteiger partial charge in [0.05, 0.1) is 6.07 Å². The Kier molecular flexibility index (Phi) is 2.10. The van der Waals surface area contributed by atoms with Crippen LogP contribution in [0, 0.1) is 17.1 Å². The van der Waals surface area contributed by atoms with Gasteiger partial charge >= 0.3 is 0 Å². The fourth-order valence-electron chi connectivity index (χ4n) is 1.10. The van der Waals surface area contributed by atoms with E-state index in [4.69, 9.17) is 21.3 Å². The van der Waals surface area contributed by atoms with Crippen molar-refractivity contribution in [3.05, 3.63) is 29.9 Å². The van der Waals surface area contributed by atoms with E-state index in [1.807, 2.05) is 0 Å². The van der Waals surface area contributed by atoms with E-state index in [1.165, 1.54) is 12.1 Å². The molecular weight excluding hydrogens is 207 g/mol. The Morgan fingerprint density at radius 3 is 3.00 bits per heavy atom. The third-order valence-corrected chi connectivity index (χ3v) is 2.00. The van der Waals surface area contributed by atoms with Gasteiger partial charge < -0.3 is 4.42 Å². The first kappa shape index (κ1) is 8.97. The smallest absolute Gasteiger partial charge is 0.228 e. The molecule has 1 unspecified atom stereocenters. The summed E-state index contributed by atoms with van der Waals surface area (Å²) in [6.07, 6.45) is 0. The summed E-state index contributed by atoms with van der Waals surface area (Å²) in [4.78, 5) is 3.88. The van der Waals surface area contributed by atoms with Gasteiger partial charge in [-0.05, 0) is 12.1 Å². The summed E-state index contributed by atoms with van der Waals surface area (Å²) in [6, 6.07) is 6.11. The monoisotopic (exact) mass is 210 g/mol. The van der Waals surface area contributed by atoms with Crippen molar-refractivity contribution in [1.29, 1.82) is 5.26 Å². The standard InChI is InChI=1S/C9H4ClFN2O/c10-5(4-12)9-13-7-3-1-2-6(11)8(7)14-9/h1-3,5H. The van der Waals surface area contributed by atoms with Gasteiger partial charge in [-0.25, -0.2) is 9.37 Å². The van der Waals surface area contributed by atoms with E-state index >= 15 is 0 Å². The molecule has 2 aromatic rings. The summed E-state index contributed by atoms with van der Waals surface area (Å²) in [5.41, 5.74) is 0.393. The number of hydrogen-bond donors (Lipinski definition) is 0. The second-order valence-corrected chi connectivity index (χ2v) is 3.07. The molecule has 0 radical (unpaired) electrons. The van der Waals surface area contributed by atoms with Crippen LogP contribution in [-0.4, -0.2) is 4.98 Å². The Hall–Kier alpha value is -1.60. The van der Waals surface area contributed by atoms with Crippen LogP contribution in [0.3, 0.4) is 0 Å². The molecule has 1 aromatic carbocycles. The molecule has 1 atom stereocenters. The molecule has 0 saturated carbocycles. The molecule has 0 aliphatic heterocycles. The molecule has 0 amide bonds. The van der Waals surface area contributed by atoms with Crippen LogP contribution in [-0.2, 0) is 0 Å². The Bertz CT molecular complexity index is 517. The third kappa shape index (κ3) is 1.32. The van der Waals surface area contributed by atoms with Crippen LogP contribution in [0.1, 0.15) is 11.3 Å². The highest BCUT2D eigenvalue weighted by atomic mass is 35.5. The van der Waals surface area contributed by atoms with Crippen molar-refractivity contribution in [3.63, 3.8) is 0 Å². The molecule has 0 aliphatic carbocycles. The lowest BCUT2D eigenvalue weighted by atomic mass is 10.3. The van der Waals surface area contributed by atoms with Gasteiger partial charge in [0.2, 0.25) is 5.89 Å². The average molecular weight is 211 g/mol. The first-order chi connectivity index (χ1) is 6.72. The van der Waals surface area contributed by atoms with Gasteiger partial charge in [0.1, 0.15) is 5.52 Å². The largest absolute Gasteiger partial charge is 0.435 e. The summed E-state index contributed by atoms with van der Waals surface area (Å²) >= 11 is 5.57. The zero-order chi connectivity index (χ0) is 10.1. The van der Waals surface area contributed by atoms with Crippen molar-refractivity contribution in [2.45, 2.75) is 5.38 Å². The van der Waals surface area contributed by atoms with Gasteiger partial charge in [0.15, 0.2) is 16.8 Å². The van der Waals surface area contributed by atoms with Crippen molar-refractivity contribution in [3.8, 4) is 6.07 Å². The second kappa shape index (κ2) is 3.28. The Labute approximate surface area is 83.7 Å². The molecule has 0 bridgehead atoms. The summed E-state index contributed by atoms with van der Waals surface area (Å²) in [7, 11) is 0. The number of nitrogens with zero attached hydrogens (tertiary/aromatic N) is 2. The topological polar surface area (TPSA) is 49.8 Å². The van der Waals surface area contributed by atoms with Gasteiger partial charge in [-0.3, -0.25) is 0 Å². The molecule has 5 heteroatoms. The Balaban J connectivity index is 2.64. The summed E-state index contributed by atoms with van der Waals surface area (Å²) in [5.74, 6) is -0.489. The predicted octanol–water partition coefficient (Wildman–Crippen LogP) is 2.77. The van der Waals surface area contributed by atoms with Crippen molar-refractivity contribution < 1.29 is 8.81 Å². The number of benzene rings is 1. The van der Waals surface area contributed by atoms with Crippen LogP contribution in [0.15, 0.2) is 22.6 Å². The third-order valence-electron chi connectivity index (χ3n) is 1.71. The molecule has 0 spiro atoms. The predicted molar refractivity (Wildman–Crippen MR) is 48.2 cm³/mol. The number of hydrogen-bond acceptors (Lipinski definition) is 3. The lowest BCUT2D eigenvalue weighted by Crippen LogP contribution is -1.84. The van der Waals surface area contributed by atoms with Crippen LogP contribution < -0.4 is 0 Å². The minimum atomic E-state index is -0.984. The molecule has 14 heavy (non-hydrogen) atoms. The molecule has 1 aromatic heterocycles. The number of aromatic nitrogens is 1. The zero-order valence-corrected chi connectivity index (χ0v) is 7.62. The lowest BCUT2D eigenvalue weighted by Gasteiger charge is -1.89. The normalized spacial score (nSPS) is 12.6. The SMILES string of the molecule is N#CC(Cl)c1nc2cccc(F)c2o1. The highest BCUT2D eigenvalue weighted by Gasteiger charge is 2.16. The van der Waals surface area contributed by atoms with Gasteiger partial charge in [-0.1, -0.05) is 17.7 Å². The number of rotatable bonds is 1. The van der Waals surface area contributed by atoms with Gasteiger partial charge in [-0.2, -0.15) is 5.26 Å². The highest BCUT2D eigenvalue weighted by Crippen LogP contribution is 2.25. The van der Waals surface area contributed by atoms with Crippen LogP contribution in [0.2, 0.25) is 0 Å². The minimum Gasteiger partial charge on any atom is -0.435 e. The minimum absolute atomic E-state index is 0.0225.